The Morgan fingerprint density at radius 1 is 1.40 bits per heavy atom. The van der Waals surface area contributed by atoms with Gasteiger partial charge >= 0.3 is 6.18 Å². The highest BCUT2D eigenvalue weighted by Crippen LogP contribution is 2.42. The van der Waals surface area contributed by atoms with Gasteiger partial charge in [-0.2, -0.15) is 13.2 Å². The minimum absolute atomic E-state index is 0.0412. The van der Waals surface area contributed by atoms with Gasteiger partial charge in [-0.1, -0.05) is 28.4 Å². The number of anilines is 1. The summed E-state index contributed by atoms with van der Waals surface area (Å²) in [5.41, 5.74) is 5.92. The number of halogens is 4. The molecule has 0 aliphatic heterocycles. The maximum atomic E-state index is 12.9. The van der Waals surface area contributed by atoms with Gasteiger partial charge in [-0.05, 0) is 37.5 Å². The summed E-state index contributed by atoms with van der Waals surface area (Å²) in [5, 5.41) is 3.23. The number of hydrogen-bond acceptors (Lipinski definition) is 2. The molecule has 0 amide bonds. The van der Waals surface area contributed by atoms with E-state index in [0.29, 0.717) is 12.8 Å². The fraction of sp³-hybridized carbons (Fsp3) is 0.571. The van der Waals surface area contributed by atoms with Gasteiger partial charge in [0.15, 0.2) is 0 Å². The van der Waals surface area contributed by atoms with Crippen LogP contribution in [0.2, 0.25) is 0 Å². The molecule has 2 atom stereocenters. The molecule has 1 aromatic carbocycles. The summed E-state index contributed by atoms with van der Waals surface area (Å²) in [4.78, 5) is 0. The molecule has 1 aromatic rings. The van der Waals surface area contributed by atoms with Crippen molar-refractivity contribution in [2.24, 2.45) is 11.7 Å². The molecule has 0 radical (unpaired) electrons. The van der Waals surface area contributed by atoms with Gasteiger partial charge in [0.1, 0.15) is 0 Å². The summed E-state index contributed by atoms with van der Waals surface area (Å²) in [5.74, 6) is -1.26. The van der Waals surface area contributed by atoms with E-state index in [1.807, 2.05) is 24.3 Å². The van der Waals surface area contributed by atoms with Crippen molar-refractivity contribution in [2.45, 2.75) is 37.4 Å². The van der Waals surface area contributed by atoms with Crippen LogP contribution in [0.4, 0.5) is 18.9 Å². The number of alkyl halides is 3. The Morgan fingerprint density at radius 2 is 2.15 bits per heavy atom. The van der Waals surface area contributed by atoms with Crippen LogP contribution in [-0.2, 0) is 0 Å². The average Bonchev–Trinajstić information content (AvgIpc) is 2.38. The summed E-state index contributed by atoms with van der Waals surface area (Å²) >= 11 is 3.36. The normalized spacial score (nSPS) is 27.4. The van der Waals surface area contributed by atoms with Crippen LogP contribution in [0.15, 0.2) is 28.7 Å². The lowest BCUT2D eigenvalue weighted by Crippen LogP contribution is -2.51. The lowest BCUT2D eigenvalue weighted by atomic mass is 9.75. The van der Waals surface area contributed by atoms with Gasteiger partial charge in [0.2, 0.25) is 0 Å². The molecular weight excluding hydrogens is 333 g/mol. The molecule has 0 bridgehead atoms. The predicted octanol–water partition coefficient (Wildman–Crippen LogP) is 4.31. The Morgan fingerprint density at radius 3 is 2.75 bits per heavy atom. The lowest BCUT2D eigenvalue weighted by molar-refractivity contribution is -0.185. The van der Waals surface area contributed by atoms with Crippen molar-refractivity contribution in [1.82, 2.24) is 0 Å². The van der Waals surface area contributed by atoms with Crippen molar-refractivity contribution in [3.8, 4) is 0 Å². The monoisotopic (exact) mass is 350 g/mol. The van der Waals surface area contributed by atoms with Crippen LogP contribution in [0.5, 0.6) is 0 Å². The van der Waals surface area contributed by atoms with Gasteiger partial charge in [0.05, 0.1) is 11.5 Å². The van der Waals surface area contributed by atoms with Crippen LogP contribution >= 0.6 is 15.9 Å². The number of hydrogen-bond donors (Lipinski definition) is 2. The first-order valence-corrected chi connectivity index (χ1v) is 7.44. The third kappa shape index (κ3) is 3.67. The molecule has 20 heavy (non-hydrogen) atoms. The molecule has 112 valence electrons. The second-order valence-corrected chi connectivity index (χ2v) is 6.37. The highest BCUT2D eigenvalue weighted by Gasteiger charge is 2.47. The first-order chi connectivity index (χ1) is 9.35. The third-order valence-electron chi connectivity index (χ3n) is 3.93. The average molecular weight is 351 g/mol. The first-order valence-electron chi connectivity index (χ1n) is 6.65. The Hall–Kier alpha value is -0.750. The first kappa shape index (κ1) is 15.6. The van der Waals surface area contributed by atoms with E-state index in [1.165, 1.54) is 0 Å². The molecule has 1 saturated carbocycles. The molecule has 3 N–H and O–H groups in total. The van der Waals surface area contributed by atoms with Crippen LogP contribution in [0, 0.1) is 5.92 Å². The Kier molecular flexibility index (Phi) is 4.64. The summed E-state index contributed by atoms with van der Waals surface area (Å²) < 4.78 is 39.7. The molecule has 2 nitrogen and oxygen atoms in total. The SMILES string of the molecule is NCC1(Nc2cccc(Br)c2)CCCC(C(F)(F)F)C1. The maximum absolute atomic E-state index is 12.9. The van der Waals surface area contributed by atoms with E-state index < -0.39 is 17.6 Å². The fourth-order valence-corrected chi connectivity index (χ4v) is 3.26. The van der Waals surface area contributed by atoms with Gasteiger partial charge in [0, 0.05) is 16.7 Å². The molecule has 0 heterocycles. The largest absolute Gasteiger partial charge is 0.391 e. The van der Waals surface area contributed by atoms with E-state index >= 15 is 0 Å². The van der Waals surface area contributed by atoms with E-state index in [0.717, 1.165) is 10.2 Å². The number of rotatable bonds is 3. The van der Waals surface area contributed by atoms with Crippen LogP contribution in [-0.4, -0.2) is 18.3 Å². The van der Waals surface area contributed by atoms with Crippen LogP contribution in [0.3, 0.4) is 0 Å². The van der Waals surface area contributed by atoms with E-state index in [1.54, 1.807) is 0 Å². The highest BCUT2D eigenvalue weighted by atomic mass is 79.9. The summed E-state index contributed by atoms with van der Waals surface area (Å²) in [6.45, 7) is 0.200. The zero-order valence-electron chi connectivity index (χ0n) is 11.0. The second kappa shape index (κ2) is 5.93. The molecule has 2 rings (SSSR count). The van der Waals surface area contributed by atoms with Crippen molar-refractivity contribution in [2.75, 3.05) is 11.9 Å². The van der Waals surface area contributed by atoms with Crippen molar-refractivity contribution in [3.63, 3.8) is 0 Å². The van der Waals surface area contributed by atoms with Crippen LogP contribution < -0.4 is 11.1 Å². The van der Waals surface area contributed by atoms with Crippen molar-refractivity contribution in [1.29, 1.82) is 0 Å². The summed E-state index contributed by atoms with van der Waals surface area (Å²) in [6.07, 6.45) is -2.68. The predicted molar refractivity (Wildman–Crippen MR) is 77.6 cm³/mol. The molecule has 0 saturated heterocycles. The van der Waals surface area contributed by atoms with Crippen molar-refractivity contribution < 1.29 is 13.2 Å². The van der Waals surface area contributed by atoms with Crippen LogP contribution in [0.1, 0.15) is 25.7 Å². The number of benzene rings is 1. The zero-order chi connectivity index (χ0) is 14.8. The van der Waals surface area contributed by atoms with E-state index in [2.05, 4.69) is 21.2 Å². The van der Waals surface area contributed by atoms with Gasteiger partial charge in [-0.3, -0.25) is 0 Å². The van der Waals surface area contributed by atoms with Crippen LogP contribution in [0.25, 0.3) is 0 Å². The van der Waals surface area contributed by atoms with Gasteiger partial charge in [-0.25, -0.2) is 0 Å². The molecule has 2 unspecified atom stereocenters. The van der Waals surface area contributed by atoms with Gasteiger partial charge in [-0.15, -0.1) is 0 Å². The lowest BCUT2D eigenvalue weighted by Gasteiger charge is -2.42. The Balaban J connectivity index is 2.16. The number of nitrogens with one attached hydrogen (secondary N) is 1. The quantitative estimate of drug-likeness (QED) is 0.852. The van der Waals surface area contributed by atoms with E-state index in [-0.39, 0.29) is 19.4 Å². The molecule has 1 fully saturated rings. The Labute approximate surface area is 125 Å². The smallest absolute Gasteiger partial charge is 0.378 e. The minimum Gasteiger partial charge on any atom is -0.378 e. The zero-order valence-corrected chi connectivity index (χ0v) is 12.6. The Bertz CT molecular complexity index is 464. The minimum atomic E-state index is -4.14. The molecule has 1 aliphatic rings. The topological polar surface area (TPSA) is 38.0 Å². The van der Waals surface area contributed by atoms with Gasteiger partial charge < -0.3 is 11.1 Å². The summed E-state index contributed by atoms with van der Waals surface area (Å²) in [6, 6.07) is 7.42. The summed E-state index contributed by atoms with van der Waals surface area (Å²) in [7, 11) is 0. The number of nitrogens with two attached hydrogens (primary N) is 1. The molecular formula is C14H18BrF3N2. The van der Waals surface area contributed by atoms with E-state index in [4.69, 9.17) is 5.73 Å². The third-order valence-corrected chi connectivity index (χ3v) is 4.43. The van der Waals surface area contributed by atoms with Crippen molar-refractivity contribution >= 4 is 21.6 Å². The fourth-order valence-electron chi connectivity index (χ4n) is 2.86. The standard InChI is InChI=1S/C14H18BrF3N2/c15-11-4-1-5-12(7-11)20-13(9-19)6-2-3-10(8-13)14(16,17)18/h1,4-5,7,10,20H,2-3,6,8-9,19H2. The molecule has 0 aromatic heterocycles. The molecule has 6 heteroatoms. The highest BCUT2D eigenvalue weighted by molar-refractivity contribution is 9.10. The van der Waals surface area contributed by atoms with Gasteiger partial charge in [0.25, 0.3) is 0 Å². The van der Waals surface area contributed by atoms with Crippen molar-refractivity contribution in [3.05, 3.63) is 28.7 Å². The van der Waals surface area contributed by atoms with E-state index in [9.17, 15) is 13.2 Å². The second-order valence-electron chi connectivity index (χ2n) is 5.45. The maximum Gasteiger partial charge on any atom is 0.391 e. The molecule has 0 spiro atoms. The molecule has 1 aliphatic carbocycles.